The minimum Gasteiger partial charge on any atom is -0.492 e. The normalized spacial score (nSPS) is 13.4. The van der Waals surface area contributed by atoms with Crippen molar-refractivity contribution in [1.82, 2.24) is 15.0 Å². The second kappa shape index (κ2) is 7.99. The van der Waals surface area contributed by atoms with E-state index in [2.05, 4.69) is 28.1 Å². The number of para-hydroxylation sites is 1. The minimum atomic E-state index is 0.607. The Hall–Kier alpha value is -3.21. The maximum atomic E-state index is 5.88. The van der Waals surface area contributed by atoms with Gasteiger partial charge in [-0.15, -0.1) is 0 Å². The molecule has 0 N–H and O–H groups in total. The van der Waals surface area contributed by atoms with Gasteiger partial charge in [-0.25, -0.2) is 9.97 Å². The number of rotatable bonds is 6. The third-order valence-corrected chi connectivity index (χ3v) is 4.54. The number of hydrogen-bond donors (Lipinski definition) is 0. The molecule has 2 aromatic heterocycles. The van der Waals surface area contributed by atoms with Gasteiger partial charge in [0.15, 0.2) is 5.82 Å². The Morgan fingerprint density at radius 1 is 1.04 bits per heavy atom. The van der Waals surface area contributed by atoms with E-state index in [0.29, 0.717) is 12.4 Å². The molecular weight excluding hydrogens is 336 g/mol. The number of fused-ring (bicyclic) bond motifs is 1. The van der Waals surface area contributed by atoms with Gasteiger partial charge >= 0.3 is 0 Å². The van der Waals surface area contributed by atoms with Crippen LogP contribution < -0.4 is 4.90 Å². The number of hydrogen-bond acceptors (Lipinski definition) is 5. The van der Waals surface area contributed by atoms with Crippen LogP contribution in [0.4, 0.5) is 5.82 Å². The fourth-order valence-corrected chi connectivity index (χ4v) is 3.08. The number of ether oxygens (including phenoxy) is 1. The van der Waals surface area contributed by atoms with Crippen molar-refractivity contribution in [3.63, 3.8) is 0 Å². The molecule has 0 saturated carbocycles. The molecule has 136 valence electrons. The van der Waals surface area contributed by atoms with E-state index < -0.39 is 0 Å². The molecule has 27 heavy (non-hydrogen) atoms. The molecule has 0 amide bonds. The zero-order valence-corrected chi connectivity index (χ0v) is 15.4. The van der Waals surface area contributed by atoms with E-state index in [1.54, 1.807) is 12.4 Å². The predicted octanol–water partition coefficient (Wildman–Crippen LogP) is 4.38. The van der Waals surface area contributed by atoms with Crippen LogP contribution in [0.3, 0.4) is 0 Å². The minimum absolute atomic E-state index is 0.607. The molecule has 3 aromatic rings. The van der Waals surface area contributed by atoms with E-state index in [1.165, 1.54) is 0 Å². The highest BCUT2D eigenvalue weighted by molar-refractivity contribution is 5.90. The number of aromatic nitrogens is 3. The molecule has 0 atom stereocenters. The molecule has 4 rings (SSSR count). The fraction of sp³-hybridized carbons (Fsp3) is 0.227. The summed E-state index contributed by atoms with van der Waals surface area (Å²) in [5.41, 5.74) is 1.89. The van der Waals surface area contributed by atoms with Gasteiger partial charge in [0.1, 0.15) is 18.2 Å². The molecule has 0 fully saturated rings. The Labute approximate surface area is 159 Å². The van der Waals surface area contributed by atoms with Crippen molar-refractivity contribution in [2.45, 2.75) is 12.8 Å². The van der Waals surface area contributed by atoms with Crippen molar-refractivity contribution in [1.29, 1.82) is 0 Å². The van der Waals surface area contributed by atoms with Crippen LogP contribution in [0, 0.1) is 0 Å². The molecule has 2 heterocycles. The van der Waals surface area contributed by atoms with Crippen molar-refractivity contribution < 1.29 is 4.74 Å². The lowest BCUT2D eigenvalue weighted by Crippen LogP contribution is -2.24. The topological polar surface area (TPSA) is 51.1 Å². The Kier molecular flexibility index (Phi) is 5.10. The number of benzene rings is 1. The smallest absolute Gasteiger partial charge is 0.162 e. The maximum absolute atomic E-state index is 5.88. The summed E-state index contributed by atoms with van der Waals surface area (Å²) >= 11 is 0. The van der Waals surface area contributed by atoms with E-state index in [0.717, 1.165) is 47.4 Å². The summed E-state index contributed by atoms with van der Waals surface area (Å²) < 4.78 is 5.88. The van der Waals surface area contributed by atoms with Crippen LogP contribution in [0.5, 0.6) is 0 Å². The van der Waals surface area contributed by atoms with Crippen molar-refractivity contribution in [2.75, 3.05) is 25.1 Å². The van der Waals surface area contributed by atoms with Crippen molar-refractivity contribution >= 4 is 16.7 Å². The lowest BCUT2D eigenvalue weighted by Gasteiger charge is -2.21. The number of pyridine rings is 1. The van der Waals surface area contributed by atoms with Crippen LogP contribution in [0.15, 0.2) is 72.8 Å². The van der Waals surface area contributed by atoms with Gasteiger partial charge in [0.25, 0.3) is 0 Å². The van der Waals surface area contributed by atoms with Crippen molar-refractivity contribution in [2.24, 2.45) is 0 Å². The van der Waals surface area contributed by atoms with E-state index in [1.807, 2.05) is 43.5 Å². The van der Waals surface area contributed by atoms with E-state index >= 15 is 0 Å². The van der Waals surface area contributed by atoms with Crippen LogP contribution in [-0.2, 0) is 4.74 Å². The van der Waals surface area contributed by atoms with Crippen molar-refractivity contribution in [3.8, 4) is 11.4 Å². The lowest BCUT2D eigenvalue weighted by molar-refractivity contribution is 0.230. The highest BCUT2D eigenvalue weighted by atomic mass is 16.5. The van der Waals surface area contributed by atoms with Crippen LogP contribution in [0.2, 0.25) is 0 Å². The van der Waals surface area contributed by atoms with Crippen molar-refractivity contribution in [3.05, 3.63) is 72.8 Å². The van der Waals surface area contributed by atoms with Gasteiger partial charge < -0.3 is 9.64 Å². The SMILES string of the molecule is CN(CCOC1=CCCC=C1)c1nc(-c2ccncc2)nc2ccccc12. The molecule has 0 saturated heterocycles. The Morgan fingerprint density at radius 3 is 2.70 bits per heavy atom. The molecule has 1 aliphatic rings. The summed E-state index contributed by atoms with van der Waals surface area (Å²) in [6.45, 7) is 1.34. The summed E-state index contributed by atoms with van der Waals surface area (Å²) in [6.07, 6.45) is 12.0. The molecule has 0 bridgehead atoms. The quantitative estimate of drug-likeness (QED) is 0.654. The molecule has 0 radical (unpaired) electrons. The highest BCUT2D eigenvalue weighted by Crippen LogP contribution is 2.26. The summed E-state index contributed by atoms with van der Waals surface area (Å²) in [6, 6.07) is 12.0. The zero-order valence-electron chi connectivity index (χ0n) is 15.4. The van der Waals surface area contributed by atoms with Gasteiger partial charge in [0, 0.05) is 30.4 Å². The second-order valence-electron chi connectivity index (χ2n) is 6.48. The molecule has 1 aromatic carbocycles. The van der Waals surface area contributed by atoms with Gasteiger partial charge in [0.2, 0.25) is 0 Å². The predicted molar refractivity (Wildman–Crippen MR) is 108 cm³/mol. The maximum Gasteiger partial charge on any atom is 0.162 e. The first-order valence-electron chi connectivity index (χ1n) is 9.19. The zero-order chi connectivity index (χ0) is 18.5. The van der Waals surface area contributed by atoms with Gasteiger partial charge in [-0.3, -0.25) is 4.98 Å². The van der Waals surface area contributed by atoms with E-state index in [9.17, 15) is 0 Å². The number of nitrogens with zero attached hydrogens (tertiary/aromatic N) is 4. The molecule has 5 heteroatoms. The molecular formula is C22H22N4O. The van der Waals surface area contributed by atoms with Gasteiger partial charge in [-0.1, -0.05) is 18.2 Å². The fourth-order valence-electron chi connectivity index (χ4n) is 3.08. The molecule has 0 aliphatic heterocycles. The average Bonchev–Trinajstić information content (AvgIpc) is 2.74. The summed E-state index contributed by atoms with van der Waals surface area (Å²) in [5.74, 6) is 2.57. The molecule has 0 unspecified atom stereocenters. The highest BCUT2D eigenvalue weighted by Gasteiger charge is 2.13. The van der Waals surface area contributed by atoms with Crippen LogP contribution in [-0.4, -0.2) is 35.2 Å². The van der Waals surface area contributed by atoms with Crippen LogP contribution in [0.25, 0.3) is 22.3 Å². The Balaban J connectivity index is 1.59. The third-order valence-electron chi connectivity index (χ3n) is 4.54. The van der Waals surface area contributed by atoms with Crippen LogP contribution in [0.1, 0.15) is 12.8 Å². The number of anilines is 1. The largest absolute Gasteiger partial charge is 0.492 e. The summed E-state index contributed by atoms with van der Waals surface area (Å²) in [4.78, 5) is 15.8. The van der Waals surface area contributed by atoms with E-state index in [-0.39, 0.29) is 0 Å². The summed E-state index contributed by atoms with van der Waals surface area (Å²) in [5, 5.41) is 1.04. The summed E-state index contributed by atoms with van der Waals surface area (Å²) in [7, 11) is 2.04. The van der Waals surface area contributed by atoms with E-state index in [4.69, 9.17) is 14.7 Å². The molecule has 0 spiro atoms. The Bertz CT molecular complexity index is 982. The molecule has 1 aliphatic carbocycles. The van der Waals surface area contributed by atoms with Gasteiger partial charge in [-0.2, -0.15) is 0 Å². The van der Waals surface area contributed by atoms with Gasteiger partial charge in [-0.05, 0) is 49.3 Å². The van der Waals surface area contributed by atoms with Crippen LogP contribution >= 0.6 is 0 Å². The average molecular weight is 358 g/mol. The number of likely N-dealkylation sites (N-methyl/N-ethyl adjacent to an activating group) is 1. The molecule has 5 nitrogen and oxygen atoms in total. The number of allylic oxidation sites excluding steroid dienone is 3. The second-order valence-corrected chi connectivity index (χ2v) is 6.48. The monoisotopic (exact) mass is 358 g/mol. The standard InChI is InChI=1S/C22H22N4O/c1-26(15-16-27-18-7-3-2-4-8-18)22-19-9-5-6-10-20(19)24-21(25-22)17-11-13-23-14-12-17/h3,5-14H,2,4,15-16H2,1H3. The first-order chi connectivity index (χ1) is 13.3. The van der Waals surface area contributed by atoms with Gasteiger partial charge in [0.05, 0.1) is 12.1 Å². The lowest BCUT2D eigenvalue weighted by atomic mass is 10.2. The Morgan fingerprint density at radius 2 is 1.89 bits per heavy atom. The first kappa shape index (κ1) is 17.2. The first-order valence-corrected chi connectivity index (χ1v) is 9.19. The third kappa shape index (κ3) is 3.97.